The lowest BCUT2D eigenvalue weighted by Gasteiger charge is -2.29. The number of pyridine rings is 1. The van der Waals surface area contributed by atoms with Crippen LogP contribution in [-0.2, 0) is 14.2 Å². The topological polar surface area (TPSA) is 57.7 Å². The summed E-state index contributed by atoms with van der Waals surface area (Å²) in [6, 6.07) is 3.57. The third kappa shape index (κ3) is 4.51. The molecule has 116 valence electrons. The largest absolute Gasteiger partial charge is 0.459 e. The van der Waals surface area contributed by atoms with Crippen molar-refractivity contribution < 1.29 is 19.0 Å². The van der Waals surface area contributed by atoms with Gasteiger partial charge in [-0.25, -0.2) is 4.79 Å². The molecule has 0 bridgehead atoms. The number of ether oxygens (including phenoxy) is 3. The first kappa shape index (κ1) is 15.9. The lowest BCUT2D eigenvalue weighted by atomic mass is 10.0. The highest BCUT2D eigenvalue weighted by Crippen LogP contribution is 2.30. The van der Waals surface area contributed by atoms with Gasteiger partial charge in [0.15, 0.2) is 6.29 Å². The zero-order valence-corrected chi connectivity index (χ0v) is 12.9. The molecule has 1 fully saturated rings. The van der Waals surface area contributed by atoms with Crippen LogP contribution in [0.1, 0.15) is 62.2 Å². The van der Waals surface area contributed by atoms with Crippen LogP contribution in [0.15, 0.2) is 18.3 Å². The maximum absolute atomic E-state index is 11.8. The van der Waals surface area contributed by atoms with Gasteiger partial charge in [0.05, 0.1) is 17.4 Å². The fraction of sp³-hybridized carbons (Fsp3) is 0.625. The van der Waals surface area contributed by atoms with Crippen LogP contribution in [-0.4, -0.2) is 30.0 Å². The molecule has 1 aliphatic rings. The van der Waals surface area contributed by atoms with Gasteiger partial charge in [0, 0.05) is 12.8 Å². The molecule has 2 atom stereocenters. The van der Waals surface area contributed by atoms with Crippen molar-refractivity contribution in [2.75, 3.05) is 6.61 Å². The van der Waals surface area contributed by atoms with Crippen molar-refractivity contribution in [3.63, 3.8) is 0 Å². The molecule has 1 saturated heterocycles. The van der Waals surface area contributed by atoms with Gasteiger partial charge in [-0.1, -0.05) is 0 Å². The summed E-state index contributed by atoms with van der Waals surface area (Å²) < 4.78 is 16.5. The van der Waals surface area contributed by atoms with Gasteiger partial charge in [0.2, 0.25) is 0 Å². The van der Waals surface area contributed by atoms with Crippen LogP contribution in [0.3, 0.4) is 0 Å². The van der Waals surface area contributed by atoms with Crippen molar-refractivity contribution in [2.45, 2.75) is 58.5 Å². The summed E-state index contributed by atoms with van der Waals surface area (Å²) in [6.07, 6.45) is 4.09. The molecule has 2 unspecified atom stereocenters. The van der Waals surface area contributed by atoms with E-state index in [4.69, 9.17) is 14.2 Å². The summed E-state index contributed by atoms with van der Waals surface area (Å²) in [4.78, 5) is 16.1. The third-order valence-corrected chi connectivity index (χ3v) is 3.27. The van der Waals surface area contributed by atoms with Crippen molar-refractivity contribution >= 4 is 5.97 Å². The lowest BCUT2D eigenvalue weighted by molar-refractivity contribution is -0.194. The molecule has 0 amide bonds. The van der Waals surface area contributed by atoms with E-state index in [0.717, 1.165) is 25.0 Å². The number of carbonyl (C=O) groups excluding carboxylic acids is 1. The molecule has 2 heterocycles. The van der Waals surface area contributed by atoms with Gasteiger partial charge < -0.3 is 14.2 Å². The van der Waals surface area contributed by atoms with E-state index in [1.54, 1.807) is 12.3 Å². The Kier molecular flexibility index (Phi) is 5.70. The minimum atomic E-state index is -0.346. The number of carbonyl (C=O) groups is 1. The van der Waals surface area contributed by atoms with Crippen molar-refractivity contribution in [1.29, 1.82) is 0 Å². The summed E-state index contributed by atoms with van der Waals surface area (Å²) in [7, 11) is 0. The first-order chi connectivity index (χ1) is 10.1. The molecular formula is C16H23NO4. The van der Waals surface area contributed by atoms with E-state index in [2.05, 4.69) is 4.98 Å². The molecular weight excluding hydrogens is 270 g/mol. The minimum Gasteiger partial charge on any atom is -0.459 e. The van der Waals surface area contributed by atoms with Crippen molar-refractivity contribution in [1.82, 2.24) is 4.98 Å². The summed E-state index contributed by atoms with van der Waals surface area (Å²) in [6.45, 7) is 6.25. The molecule has 1 aromatic heterocycles. The van der Waals surface area contributed by atoms with Gasteiger partial charge in [-0.3, -0.25) is 4.98 Å². The Morgan fingerprint density at radius 2 is 2.24 bits per heavy atom. The predicted molar refractivity (Wildman–Crippen MR) is 77.9 cm³/mol. The fourth-order valence-corrected chi connectivity index (χ4v) is 2.31. The van der Waals surface area contributed by atoms with Crippen molar-refractivity contribution in [3.05, 3.63) is 29.6 Å². The van der Waals surface area contributed by atoms with E-state index < -0.39 is 0 Å². The van der Waals surface area contributed by atoms with Gasteiger partial charge >= 0.3 is 5.97 Å². The van der Waals surface area contributed by atoms with E-state index in [-0.39, 0.29) is 24.5 Å². The molecule has 0 saturated carbocycles. The second-order valence-electron chi connectivity index (χ2n) is 5.37. The van der Waals surface area contributed by atoms with Crippen LogP contribution < -0.4 is 0 Å². The number of esters is 1. The maximum Gasteiger partial charge on any atom is 0.339 e. The highest BCUT2D eigenvalue weighted by molar-refractivity contribution is 5.89. The van der Waals surface area contributed by atoms with Crippen LogP contribution in [0, 0.1) is 0 Å². The van der Waals surface area contributed by atoms with Gasteiger partial charge in [0.1, 0.15) is 6.10 Å². The zero-order valence-electron chi connectivity index (χ0n) is 12.9. The Hall–Kier alpha value is -1.46. The number of rotatable bonds is 5. The monoisotopic (exact) mass is 293 g/mol. The van der Waals surface area contributed by atoms with Gasteiger partial charge in [-0.05, 0) is 52.2 Å². The van der Waals surface area contributed by atoms with E-state index in [1.807, 2.05) is 26.8 Å². The summed E-state index contributed by atoms with van der Waals surface area (Å²) in [5.41, 5.74) is 1.30. The van der Waals surface area contributed by atoms with Crippen LogP contribution in [0.25, 0.3) is 0 Å². The standard InChI is InChI=1S/C16H23NO4/c1-4-19-15-7-5-6-14(21-15)13-9-8-12(10-17-13)16(18)20-11(2)3/h8-11,14-15H,4-7H2,1-3H3. The third-order valence-electron chi connectivity index (χ3n) is 3.27. The van der Waals surface area contributed by atoms with Crippen molar-refractivity contribution in [2.24, 2.45) is 0 Å². The number of nitrogens with zero attached hydrogens (tertiary/aromatic N) is 1. The molecule has 5 heteroatoms. The molecule has 5 nitrogen and oxygen atoms in total. The maximum atomic E-state index is 11.8. The second-order valence-corrected chi connectivity index (χ2v) is 5.37. The van der Waals surface area contributed by atoms with Gasteiger partial charge in [0.25, 0.3) is 0 Å². The molecule has 2 rings (SSSR count). The quantitative estimate of drug-likeness (QED) is 0.780. The molecule has 1 aliphatic heterocycles. The molecule has 21 heavy (non-hydrogen) atoms. The first-order valence-electron chi connectivity index (χ1n) is 7.54. The highest BCUT2D eigenvalue weighted by atomic mass is 16.7. The Morgan fingerprint density at radius 1 is 1.43 bits per heavy atom. The molecule has 0 N–H and O–H groups in total. The Morgan fingerprint density at radius 3 is 2.86 bits per heavy atom. The Labute approximate surface area is 125 Å². The van der Waals surface area contributed by atoms with E-state index in [1.165, 1.54) is 0 Å². The normalized spacial score (nSPS) is 22.3. The molecule has 0 aromatic carbocycles. The average molecular weight is 293 g/mol. The smallest absolute Gasteiger partial charge is 0.339 e. The lowest BCUT2D eigenvalue weighted by Crippen LogP contribution is -2.25. The van der Waals surface area contributed by atoms with Crippen molar-refractivity contribution in [3.8, 4) is 0 Å². The Balaban J connectivity index is 1.99. The molecule has 0 spiro atoms. The minimum absolute atomic E-state index is 0.0644. The Bertz CT molecular complexity index is 456. The first-order valence-corrected chi connectivity index (χ1v) is 7.54. The fourth-order valence-electron chi connectivity index (χ4n) is 2.31. The molecule has 0 aliphatic carbocycles. The number of hydrogen-bond donors (Lipinski definition) is 0. The van der Waals surface area contributed by atoms with Gasteiger partial charge in [-0.2, -0.15) is 0 Å². The highest BCUT2D eigenvalue weighted by Gasteiger charge is 2.25. The molecule has 0 radical (unpaired) electrons. The summed E-state index contributed by atoms with van der Waals surface area (Å²) in [5, 5.41) is 0. The molecule has 1 aromatic rings. The number of aromatic nitrogens is 1. The second kappa shape index (κ2) is 7.52. The average Bonchev–Trinajstić information content (AvgIpc) is 2.47. The van der Waals surface area contributed by atoms with E-state index >= 15 is 0 Å². The van der Waals surface area contributed by atoms with Crippen LogP contribution in [0.5, 0.6) is 0 Å². The number of hydrogen-bond acceptors (Lipinski definition) is 5. The predicted octanol–water partition coefficient (Wildman–Crippen LogP) is 3.25. The van der Waals surface area contributed by atoms with Crippen LogP contribution in [0.2, 0.25) is 0 Å². The van der Waals surface area contributed by atoms with E-state index in [9.17, 15) is 4.79 Å². The zero-order chi connectivity index (χ0) is 15.2. The van der Waals surface area contributed by atoms with Crippen LogP contribution >= 0.6 is 0 Å². The van der Waals surface area contributed by atoms with E-state index in [0.29, 0.717) is 12.2 Å². The summed E-state index contributed by atoms with van der Waals surface area (Å²) >= 11 is 0. The summed E-state index contributed by atoms with van der Waals surface area (Å²) in [5.74, 6) is -0.346. The van der Waals surface area contributed by atoms with Gasteiger partial charge in [-0.15, -0.1) is 0 Å². The van der Waals surface area contributed by atoms with Crippen LogP contribution in [0.4, 0.5) is 0 Å². The SMILES string of the molecule is CCOC1CCCC(c2ccc(C(=O)OC(C)C)cn2)O1.